The van der Waals surface area contributed by atoms with Crippen molar-refractivity contribution in [3.8, 4) is 0 Å². The molecule has 0 aliphatic carbocycles. The molecular weight excluding hydrogens is 448 g/mol. The van der Waals surface area contributed by atoms with Crippen molar-refractivity contribution in [1.29, 1.82) is 0 Å². The average molecular weight is 479 g/mol. The summed E-state index contributed by atoms with van der Waals surface area (Å²) in [6.07, 6.45) is 0. The fraction of sp³-hybridized carbons (Fsp3) is 0.455. The highest BCUT2D eigenvalue weighted by Gasteiger charge is 2.37. The first-order chi connectivity index (χ1) is 13.4. The van der Waals surface area contributed by atoms with E-state index in [-0.39, 0.29) is 16.5 Å². The van der Waals surface area contributed by atoms with Gasteiger partial charge in [0.05, 0.1) is 11.1 Å². The molecule has 0 saturated carbocycles. The zero-order valence-corrected chi connectivity index (χ0v) is 20.7. The molecule has 158 valence electrons. The van der Waals surface area contributed by atoms with Crippen LogP contribution in [0.1, 0.15) is 42.4 Å². The Morgan fingerprint density at radius 1 is 1.21 bits per heavy atom. The Balaban J connectivity index is 2.24. The third kappa shape index (κ3) is 6.14. The van der Waals surface area contributed by atoms with Gasteiger partial charge in [0.25, 0.3) is 11.5 Å². The smallest absolute Gasteiger partial charge is 0.271 e. The molecule has 0 aliphatic heterocycles. The number of aromatic amines is 1. The van der Waals surface area contributed by atoms with E-state index in [0.717, 1.165) is 11.1 Å². The van der Waals surface area contributed by atoms with Gasteiger partial charge >= 0.3 is 0 Å². The average Bonchev–Trinajstić information content (AvgIpc) is 2.63. The molecule has 29 heavy (non-hydrogen) atoms. The van der Waals surface area contributed by atoms with Crippen molar-refractivity contribution in [3.63, 3.8) is 0 Å². The molecule has 7 heteroatoms. The lowest BCUT2D eigenvalue weighted by Gasteiger charge is -2.37. The first-order valence-corrected chi connectivity index (χ1v) is 13.5. The van der Waals surface area contributed by atoms with Crippen LogP contribution in [0.15, 0.2) is 45.7 Å². The third-order valence-corrected chi connectivity index (χ3v) is 10.7. The first kappa shape index (κ1) is 23.6. The van der Waals surface area contributed by atoms with E-state index in [1.807, 2.05) is 37.3 Å². The minimum Gasteiger partial charge on any atom is -0.415 e. The summed E-state index contributed by atoms with van der Waals surface area (Å²) in [5, 5.41) is 0.106. The van der Waals surface area contributed by atoms with Gasteiger partial charge in [0.2, 0.25) is 0 Å². The van der Waals surface area contributed by atoms with Gasteiger partial charge in [-0.3, -0.25) is 9.59 Å². The highest BCUT2D eigenvalue weighted by atomic mass is 79.9. The van der Waals surface area contributed by atoms with Crippen LogP contribution in [0.2, 0.25) is 18.1 Å². The number of H-pyrrole nitrogens is 1. The molecule has 1 N–H and O–H groups in total. The lowest BCUT2D eigenvalue weighted by Crippen LogP contribution is -2.43. The highest BCUT2D eigenvalue weighted by molar-refractivity contribution is 9.10. The van der Waals surface area contributed by atoms with Crippen LogP contribution in [0.25, 0.3) is 0 Å². The van der Waals surface area contributed by atoms with Gasteiger partial charge in [-0.1, -0.05) is 51.1 Å². The molecule has 0 unspecified atom stereocenters. The molecule has 0 bridgehead atoms. The van der Waals surface area contributed by atoms with Gasteiger partial charge < -0.3 is 14.3 Å². The first-order valence-electron chi connectivity index (χ1n) is 9.79. The Kier molecular flexibility index (Phi) is 7.65. The topological polar surface area (TPSA) is 62.4 Å². The molecule has 5 nitrogen and oxygen atoms in total. The molecule has 0 saturated heterocycles. The highest BCUT2D eigenvalue weighted by Crippen LogP contribution is 2.36. The Labute approximate surface area is 182 Å². The van der Waals surface area contributed by atoms with Gasteiger partial charge in [-0.15, -0.1) is 0 Å². The van der Waals surface area contributed by atoms with Crippen molar-refractivity contribution < 1.29 is 9.22 Å². The number of pyridine rings is 1. The Bertz CT molecular complexity index is 905. The number of nitrogens with one attached hydrogen (secondary N) is 1. The molecule has 2 aromatic rings. The summed E-state index contributed by atoms with van der Waals surface area (Å²) in [6.45, 7) is 14.2. The van der Waals surface area contributed by atoms with Gasteiger partial charge in [-0.05, 0) is 58.2 Å². The summed E-state index contributed by atoms with van der Waals surface area (Å²) in [6, 6.07) is 11.5. The van der Waals surface area contributed by atoms with Crippen LogP contribution >= 0.6 is 15.9 Å². The summed E-state index contributed by atoms with van der Waals surface area (Å²) in [4.78, 5) is 29.8. The number of benzene rings is 1. The summed E-state index contributed by atoms with van der Waals surface area (Å²) < 4.78 is 6.71. The molecule has 1 amide bonds. The Hall–Kier alpha value is -1.70. The summed E-state index contributed by atoms with van der Waals surface area (Å²) in [5.74, 6) is -0.199. The van der Waals surface area contributed by atoms with E-state index in [4.69, 9.17) is 4.43 Å². The molecule has 0 radical (unpaired) electrons. The van der Waals surface area contributed by atoms with Crippen LogP contribution in [0, 0.1) is 6.92 Å². The van der Waals surface area contributed by atoms with Gasteiger partial charge in [-0.2, -0.15) is 0 Å². The molecule has 0 atom stereocenters. The number of nitrogens with zero attached hydrogens (tertiary/aromatic N) is 1. The maximum Gasteiger partial charge on any atom is 0.271 e. The van der Waals surface area contributed by atoms with E-state index in [2.05, 4.69) is 54.8 Å². The second-order valence-corrected chi connectivity index (χ2v) is 14.5. The van der Waals surface area contributed by atoms with E-state index in [9.17, 15) is 9.59 Å². The molecular formula is C22H31BrN2O3Si. The summed E-state index contributed by atoms with van der Waals surface area (Å²) in [7, 11) is -1.91. The van der Waals surface area contributed by atoms with Crippen LogP contribution in [0.4, 0.5) is 0 Å². The number of aryl methyl sites for hydroxylation is 1. The van der Waals surface area contributed by atoms with Crippen molar-refractivity contribution in [3.05, 3.63) is 68.0 Å². The van der Waals surface area contributed by atoms with E-state index in [1.165, 1.54) is 0 Å². The largest absolute Gasteiger partial charge is 0.415 e. The monoisotopic (exact) mass is 478 g/mol. The molecule has 1 heterocycles. The zero-order valence-electron chi connectivity index (χ0n) is 18.1. The van der Waals surface area contributed by atoms with E-state index >= 15 is 0 Å². The zero-order chi connectivity index (χ0) is 21.8. The number of halogens is 1. The Morgan fingerprint density at radius 2 is 1.83 bits per heavy atom. The number of rotatable bonds is 7. The quantitative estimate of drug-likeness (QED) is 0.562. The van der Waals surface area contributed by atoms with Crippen molar-refractivity contribution in [1.82, 2.24) is 9.88 Å². The van der Waals surface area contributed by atoms with Crippen LogP contribution in [0.5, 0.6) is 0 Å². The summed E-state index contributed by atoms with van der Waals surface area (Å²) >= 11 is 3.22. The lowest BCUT2D eigenvalue weighted by atomic mass is 10.1. The predicted molar refractivity (Wildman–Crippen MR) is 124 cm³/mol. The third-order valence-electron chi connectivity index (χ3n) is 5.54. The van der Waals surface area contributed by atoms with Crippen molar-refractivity contribution in [2.24, 2.45) is 0 Å². The van der Waals surface area contributed by atoms with E-state index < -0.39 is 8.32 Å². The van der Waals surface area contributed by atoms with Gasteiger partial charge in [0, 0.05) is 13.1 Å². The van der Waals surface area contributed by atoms with Crippen LogP contribution < -0.4 is 5.56 Å². The predicted octanol–water partition coefficient (Wildman–Crippen LogP) is 5.11. The SMILES string of the molecule is Cc1cc(Br)c(=O)[nH]c1C(=O)N(CCO[Si](C)(C)C(C)(C)C)Cc1ccccc1. The number of hydrogen-bond acceptors (Lipinski definition) is 3. The molecule has 1 aromatic heterocycles. The molecule has 0 aliphatic rings. The van der Waals surface area contributed by atoms with Gasteiger partial charge in [-0.25, -0.2) is 0 Å². The van der Waals surface area contributed by atoms with Gasteiger partial charge in [0.1, 0.15) is 5.69 Å². The van der Waals surface area contributed by atoms with Crippen molar-refractivity contribution >= 4 is 30.2 Å². The number of hydrogen-bond donors (Lipinski definition) is 1. The minimum atomic E-state index is -1.91. The summed E-state index contributed by atoms with van der Waals surface area (Å²) in [5.41, 5.74) is 1.77. The van der Waals surface area contributed by atoms with Crippen LogP contribution in [-0.4, -0.2) is 37.3 Å². The fourth-order valence-electron chi connectivity index (χ4n) is 2.66. The second-order valence-electron chi connectivity index (χ2n) is 8.83. The fourth-order valence-corrected chi connectivity index (χ4v) is 4.14. The maximum absolute atomic E-state index is 13.3. The normalized spacial score (nSPS) is 12.1. The number of carbonyl (C=O) groups excluding carboxylic acids is 1. The van der Waals surface area contributed by atoms with Crippen LogP contribution in [-0.2, 0) is 11.0 Å². The van der Waals surface area contributed by atoms with E-state index in [1.54, 1.807) is 11.0 Å². The number of amides is 1. The number of carbonyl (C=O) groups is 1. The maximum atomic E-state index is 13.3. The molecule has 2 rings (SSSR count). The van der Waals surface area contributed by atoms with E-state index in [0.29, 0.717) is 29.9 Å². The van der Waals surface area contributed by atoms with Crippen molar-refractivity contribution in [2.45, 2.75) is 52.4 Å². The molecule has 1 aromatic carbocycles. The second kappa shape index (κ2) is 9.41. The van der Waals surface area contributed by atoms with Crippen LogP contribution in [0.3, 0.4) is 0 Å². The Morgan fingerprint density at radius 3 is 2.41 bits per heavy atom. The standard InChI is InChI=1S/C22H31BrN2O3Si/c1-16-14-18(23)20(26)24-19(16)21(27)25(15-17-10-8-7-9-11-17)12-13-28-29(5,6)22(2,3)4/h7-11,14H,12-13,15H2,1-6H3,(H,24,26). The number of aromatic nitrogens is 1. The minimum absolute atomic E-state index is 0.106. The lowest BCUT2D eigenvalue weighted by molar-refractivity contribution is 0.0704. The van der Waals surface area contributed by atoms with Gasteiger partial charge in [0.15, 0.2) is 8.32 Å². The van der Waals surface area contributed by atoms with Crippen molar-refractivity contribution in [2.75, 3.05) is 13.2 Å². The molecule has 0 fully saturated rings. The molecule has 0 spiro atoms.